The minimum atomic E-state index is -3.53. The van der Waals surface area contributed by atoms with Gasteiger partial charge in [-0.1, -0.05) is 13.0 Å². The predicted molar refractivity (Wildman–Crippen MR) is 66.2 cm³/mol. The van der Waals surface area contributed by atoms with Gasteiger partial charge in [0.05, 0.1) is 5.92 Å². The molecule has 1 heterocycles. The first-order valence-electron chi connectivity index (χ1n) is 5.65. The average Bonchev–Trinajstić information content (AvgIpc) is 2.74. The number of carbonyl (C=O) groups is 1. The summed E-state index contributed by atoms with van der Waals surface area (Å²) in [5, 5.41) is 8.93. The molecule has 0 aromatic heterocycles. The molecular formula is C12H14O6S. The summed E-state index contributed by atoms with van der Waals surface area (Å²) in [5.41, 5.74) is 0.432. The van der Waals surface area contributed by atoms with E-state index in [1.54, 1.807) is 12.1 Å². The van der Waals surface area contributed by atoms with E-state index >= 15 is 0 Å². The van der Waals surface area contributed by atoms with Crippen LogP contribution in [0.5, 0.6) is 11.5 Å². The summed E-state index contributed by atoms with van der Waals surface area (Å²) < 4.78 is 34.1. The lowest BCUT2D eigenvalue weighted by Gasteiger charge is -2.12. The highest BCUT2D eigenvalue weighted by molar-refractivity contribution is 7.90. The molecule has 0 saturated carbocycles. The Bertz CT molecular complexity index is 619. The van der Waals surface area contributed by atoms with Gasteiger partial charge in [-0.15, -0.1) is 0 Å². The lowest BCUT2D eigenvalue weighted by Crippen LogP contribution is -2.14. The number of aliphatic carboxylic acids is 1. The van der Waals surface area contributed by atoms with Crippen LogP contribution in [0.4, 0.5) is 0 Å². The summed E-state index contributed by atoms with van der Waals surface area (Å²) in [4.78, 5) is 10.9. The Morgan fingerprint density at radius 3 is 2.68 bits per heavy atom. The summed E-state index contributed by atoms with van der Waals surface area (Å²) in [6, 6.07) is 3.17. The van der Waals surface area contributed by atoms with Gasteiger partial charge in [-0.3, -0.25) is 4.79 Å². The van der Waals surface area contributed by atoms with E-state index in [1.807, 2.05) is 0 Å². The molecule has 0 fully saturated rings. The maximum Gasteiger partial charge on any atom is 0.306 e. The van der Waals surface area contributed by atoms with Gasteiger partial charge in [0.15, 0.2) is 21.3 Å². The molecule has 6 nitrogen and oxygen atoms in total. The molecule has 0 amide bonds. The largest absolute Gasteiger partial charge is 0.481 e. The second kappa shape index (κ2) is 4.73. The number of hydrogen-bond donors (Lipinski definition) is 1. The molecule has 7 heteroatoms. The Labute approximate surface area is 110 Å². The Morgan fingerprint density at radius 1 is 1.42 bits per heavy atom. The molecule has 1 aliphatic heterocycles. The van der Waals surface area contributed by atoms with Crippen molar-refractivity contribution in [3.05, 3.63) is 17.7 Å². The molecule has 0 saturated heterocycles. The molecule has 104 valence electrons. The Hall–Kier alpha value is -1.76. The summed E-state index contributed by atoms with van der Waals surface area (Å²) in [5.74, 6) is -1.11. The highest BCUT2D eigenvalue weighted by atomic mass is 32.2. The van der Waals surface area contributed by atoms with Crippen LogP contribution in [0, 0.1) is 5.92 Å². The minimum absolute atomic E-state index is 0.0237. The number of carboxylic acids is 1. The third kappa shape index (κ3) is 2.65. The first-order valence-corrected chi connectivity index (χ1v) is 7.54. The van der Waals surface area contributed by atoms with Gasteiger partial charge < -0.3 is 14.6 Å². The minimum Gasteiger partial charge on any atom is -0.481 e. The molecule has 1 unspecified atom stereocenters. The fourth-order valence-corrected chi connectivity index (χ4v) is 3.10. The summed E-state index contributed by atoms with van der Waals surface area (Å²) in [6.45, 7) is 1.49. The zero-order chi connectivity index (χ0) is 14.2. The van der Waals surface area contributed by atoms with Crippen molar-refractivity contribution in [3.63, 3.8) is 0 Å². The van der Waals surface area contributed by atoms with Gasteiger partial charge >= 0.3 is 5.97 Å². The molecule has 1 N–H and O–H groups in total. The van der Waals surface area contributed by atoms with Crippen molar-refractivity contribution in [2.45, 2.75) is 18.2 Å². The second-order valence-electron chi connectivity index (χ2n) is 4.50. The number of sulfone groups is 1. The molecule has 1 aromatic carbocycles. The van der Waals surface area contributed by atoms with Crippen molar-refractivity contribution in [1.82, 2.24) is 0 Å². The highest BCUT2D eigenvalue weighted by Gasteiger charge is 2.28. The molecule has 0 bridgehead atoms. The molecular weight excluding hydrogens is 272 g/mol. The van der Waals surface area contributed by atoms with E-state index in [0.717, 1.165) is 6.26 Å². The van der Waals surface area contributed by atoms with Gasteiger partial charge in [-0.25, -0.2) is 8.42 Å². The van der Waals surface area contributed by atoms with E-state index in [4.69, 9.17) is 14.6 Å². The smallest absolute Gasteiger partial charge is 0.306 e. The molecule has 0 aliphatic carbocycles. The number of ether oxygens (including phenoxy) is 2. The van der Waals surface area contributed by atoms with Crippen LogP contribution < -0.4 is 9.47 Å². The molecule has 1 aliphatic rings. The van der Waals surface area contributed by atoms with Crippen molar-refractivity contribution in [2.24, 2.45) is 5.92 Å². The lowest BCUT2D eigenvalue weighted by molar-refractivity contribution is -0.141. The number of benzene rings is 1. The Morgan fingerprint density at radius 2 is 2.11 bits per heavy atom. The van der Waals surface area contributed by atoms with Gasteiger partial charge in [0.25, 0.3) is 0 Å². The first-order chi connectivity index (χ1) is 8.80. The summed E-state index contributed by atoms with van der Waals surface area (Å²) in [7, 11) is -3.53. The van der Waals surface area contributed by atoms with Gasteiger partial charge in [0, 0.05) is 6.26 Å². The van der Waals surface area contributed by atoms with Crippen LogP contribution >= 0.6 is 0 Å². The third-order valence-corrected chi connectivity index (χ3v) is 4.08. The van der Waals surface area contributed by atoms with E-state index in [0.29, 0.717) is 11.3 Å². The lowest BCUT2D eigenvalue weighted by atomic mass is 10.0. The number of fused-ring (bicyclic) bond motifs is 1. The fourth-order valence-electron chi connectivity index (χ4n) is 1.97. The molecule has 0 radical (unpaired) electrons. The van der Waals surface area contributed by atoms with E-state index in [-0.39, 0.29) is 23.9 Å². The first kappa shape index (κ1) is 13.7. The van der Waals surface area contributed by atoms with E-state index < -0.39 is 21.7 Å². The van der Waals surface area contributed by atoms with Crippen molar-refractivity contribution < 1.29 is 27.8 Å². The van der Waals surface area contributed by atoms with Crippen LogP contribution in [0.1, 0.15) is 12.5 Å². The third-order valence-electron chi connectivity index (χ3n) is 2.89. The van der Waals surface area contributed by atoms with E-state index in [2.05, 4.69) is 0 Å². The maximum absolute atomic E-state index is 11.9. The molecule has 1 aromatic rings. The van der Waals surface area contributed by atoms with Crippen molar-refractivity contribution >= 4 is 15.8 Å². The van der Waals surface area contributed by atoms with Gasteiger partial charge in [0.1, 0.15) is 4.90 Å². The van der Waals surface area contributed by atoms with Crippen LogP contribution in [-0.2, 0) is 21.1 Å². The standard InChI is InChI=1S/C12H14O6S/c1-7(12(13)14)5-8-3-4-9-10(18-6-17-9)11(8)19(2,15)16/h3-4,7H,5-6H2,1-2H3,(H,13,14). The summed E-state index contributed by atoms with van der Waals surface area (Å²) in [6.07, 6.45) is 1.19. The zero-order valence-electron chi connectivity index (χ0n) is 10.5. The highest BCUT2D eigenvalue weighted by Crippen LogP contribution is 2.40. The zero-order valence-corrected chi connectivity index (χ0v) is 11.4. The maximum atomic E-state index is 11.9. The molecule has 0 spiro atoms. The van der Waals surface area contributed by atoms with E-state index in [1.165, 1.54) is 6.92 Å². The monoisotopic (exact) mass is 286 g/mol. The van der Waals surface area contributed by atoms with Gasteiger partial charge in [-0.2, -0.15) is 0 Å². The van der Waals surface area contributed by atoms with Crippen LogP contribution in [-0.4, -0.2) is 32.5 Å². The van der Waals surface area contributed by atoms with Crippen molar-refractivity contribution in [2.75, 3.05) is 13.0 Å². The van der Waals surface area contributed by atoms with Crippen LogP contribution in [0.2, 0.25) is 0 Å². The van der Waals surface area contributed by atoms with Crippen LogP contribution in [0.25, 0.3) is 0 Å². The van der Waals surface area contributed by atoms with Crippen molar-refractivity contribution in [3.8, 4) is 11.5 Å². The molecule has 19 heavy (non-hydrogen) atoms. The number of carboxylic acid groups (broad SMARTS) is 1. The van der Waals surface area contributed by atoms with Gasteiger partial charge in [0.2, 0.25) is 6.79 Å². The number of hydrogen-bond acceptors (Lipinski definition) is 5. The number of rotatable bonds is 4. The Kier molecular flexibility index (Phi) is 3.40. The predicted octanol–water partition coefficient (Wildman–Crippen LogP) is 1.08. The molecule has 2 rings (SSSR count). The SMILES string of the molecule is CC(Cc1ccc2c(c1S(C)(=O)=O)OCO2)C(=O)O. The fraction of sp³-hybridized carbons (Fsp3) is 0.417. The van der Waals surface area contributed by atoms with Crippen LogP contribution in [0.15, 0.2) is 17.0 Å². The Balaban J connectivity index is 2.53. The van der Waals surface area contributed by atoms with Crippen molar-refractivity contribution in [1.29, 1.82) is 0 Å². The van der Waals surface area contributed by atoms with Gasteiger partial charge in [-0.05, 0) is 18.1 Å². The molecule has 1 atom stereocenters. The average molecular weight is 286 g/mol. The quantitative estimate of drug-likeness (QED) is 0.890. The topological polar surface area (TPSA) is 89.9 Å². The summed E-state index contributed by atoms with van der Waals surface area (Å²) >= 11 is 0. The van der Waals surface area contributed by atoms with E-state index in [9.17, 15) is 13.2 Å². The van der Waals surface area contributed by atoms with Crippen LogP contribution in [0.3, 0.4) is 0 Å². The normalized spacial score (nSPS) is 15.3. The second-order valence-corrected chi connectivity index (χ2v) is 6.46.